The van der Waals surface area contributed by atoms with Gasteiger partial charge in [0.15, 0.2) is 5.96 Å². The van der Waals surface area contributed by atoms with Crippen molar-refractivity contribution in [1.82, 2.24) is 68.5 Å². The van der Waals surface area contributed by atoms with Gasteiger partial charge < -0.3 is 102 Å². The van der Waals surface area contributed by atoms with Crippen LogP contribution in [0.3, 0.4) is 0 Å². The van der Waals surface area contributed by atoms with Crippen molar-refractivity contribution in [2.45, 2.75) is 198 Å². The van der Waals surface area contributed by atoms with Crippen LogP contribution in [0.1, 0.15) is 141 Å². The van der Waals surface area contributed by atoms with E-state index < -0.39 is 180 Å². The van der Waals surface area contributed by atoms with E-state index in [1.807, 2.05) is 0 Å². The van der Waals surface area contributed by atoms with Crippen LogP contribution in [0.5, 0.6) is 0 Å². The maximum atomic E-state index is 14.7. The normalized spacial score (nSPS) is 14.3. The third-order valence-electron chi connectivity index (χ3n) is 15.9. The Morgan fingerprint density at radius 1 is 0.569 bits per heavy atom. The Labute approximate surface area is 589 Å². The number of aliphatic hydroxyl groups excluding tert-OH is 1. The third-order valence-corrected chi connectivity index (χ3v) is 15.9. The number of hydrogen-bond acceptors (Lipinski definition) is 20. The number of amides is 12. The van der Waals surface area contributed by atoms with Gasteiger partial charge in [-0.05, 0) is 101 Å². The van der Waals surface area contributed by atoms with Gasteiger partial charge in [0.2, 0.25) is 65.0 Å². The highest BCUT2D eigenvalue weighted by atomic mass is 16.6. The molecule has 0 fully saturated rings. The number of carbonyl (C=O) groups excluding carboxylic acids is 12. The second kappa shape index (κ2) is 43.6. The van der Waals surface area contributed by atoms with Gasteiger partial charge in [0, 0.05) is 55.5 Å². The first-order valence-corrected chi connectivity index (χ1v) is 33.5. The molecule has 0 aliphatic rings. The molecule has 0 aliphatic carbocycles. The molecule has 562 valence electrons. The van der Waals surface area contributed by atoms with E-state index in [2.05, 4.69) is 73.4 Å². The van der Waals surface area contributed by atoms with Gasteiger partial charge >= 0.3 is 5.97 Å². The summed E-state index contributed by atoms with van der Waals surface area (Å²) in [6, 6.07) is -4.92. The largest absolute Gasteiger partial charge is 0.481 e. The average Bonchev–Trinajstić information content (AvgIpc) is 1.01. The minimum atomic E-state index is -1.73. The molecule has 2 aromatic carbocycles. The van der Waals surface area contributed by atoms with Gasteiger partial charge in [-0.1, -0.05) is 71.7 Å². The molecular formula is C65H100N20O17. The number of aliphatic hydroxyl groups is 1. The van der Waals surface area contributed by atoms with Crippen molar-refractivity contribution >= 4 is 94.2 Å². The summed E-state index contributed by atoms with van der Waals surface area (Å²) in [5.41, 5.74) is 28.8. The first-order valence-electron chi connectivity index (χ1n) is 33.5. The van der Waals surface area contributed by atoms with Crippen LogP contribution >= 0.6 is 0 Å². The lowest BCUT2D eigenvalue weighted by Gasteiger charge is -2.29. The van der Waals surface area contributed by atoms with Crippen LogP contribution in [0.4, 0.5) is 11.4 Å². The Morgan fingerprint density at radius 2 is 1.05 bits per heavy atom. The van der Waals surface area contributed by atoms with Gasteiger partial charge in [0.05, 0.1) is 23.4 Å². The third kappa shape index (κ3) is 29.9. The van der Waals surface area contributed by atoms with Crippen LogP contribution in [0.25, 0.3) is 0 Å². The molecule has 0 bridgehead atoms. The van der Waals surface area contributed by atoms with Crippen LogP contribution in [0.2, 0.25) is 0 Å². The number of nitro groups is 1. The summed E-state index contributed by atoms with van der Waals surface area (Å²) in [5, 5.41) is 58.8. The van der Waals surface area contributed by atoms with E-state index in [1.165, 1.54) is 50.6 Å². The Hall–Kier alpha value is -10.9. The van der Waals surface area contributed by atoms with E-state index in [4.69, 9.17) is 28.7 Å². The zero-order valence-corrected chi connectivity index (χ0v) is 58.3. The highest BCUT2D eigenvalue weighted by Gasteiger charge is 2.37. The van der Waals surface area contributed by atoms with Crippen molar-refractivity contribution in [3.05, 3.63) is 88.0 Å². The number of aliphatic imine (C=N–C) groups is 1. The first-order chi connectivity index (χ1) is 48.2. The fourth-order valence-corrected chi connectivity index (χ4v) is 10.1. The van der Waals surface area contributed by atoms with Crippen LogP contribution in [-0.2, 0) is 70.4 Å². The average molecular weight is 1430 g/mol. The Bertz CT molecular complexity index is 3370. The molecule has 0 radical (unpaired) electrons. The van der Waals surface area contributed by atoms with Crippen molar-refractivity contribution in [1.29, 1.82) is 0 Å². The topological polar surface area (TPSA) is 609 Å². The molecule has 37 heteroatoms. The van der Waals surface area contributed by atoms with E-state index >= 15 is 0 Å². The summed E-state index contributed by atoms with van der Waals surface area (Å²) >= 11 is 0. The maximum absolute atomic E-state index is 14.7. The molecule has 11 atom stereocenters. The van der Waals surface area contributed by atoms with Crippen LogP contribution < -0.4 is 87.2 Å². The minimum absolute atomic E-state index is 0.0188. The van der Waals surface area contributed by atoms with E-state index in [0.717, 1.165) is 12.1 Å². The number of aromatic amines is 1. The summed E-state index contributed by atoms with van der Waals surface area (Å²) in [5.74, 6) is -13.8. The molecule has 1 heterocycles. The number of carboxylic acids is 1. The quantitative estimate of drug-likeness (QED) is 0.00661. The van der Waals surface area contributed by atoms with E-state index in [-0.39, 0.29) is 86.0 Å². The monoisotopic (exact) mass is 1430 g/mol. The van der Waals surface area contributed by atoms with Crippen molar-refractivity contribution in [3.63, 3.8) is 0 Å². The fraction of sp³-hybridized carbons (Fsp3) is 0.554. The molecule has 0 spiro atoms. The standard InChI is InChI=1S/C65H100N20O17/c1-8-9-17-43(59(95)83-50(32-86)53(68)89)76-54(90)37(7)75-58(94)46(24-25-51(87)88)79-62(98)48(29-38-20-22-40(23-21-38)85(101)102)81-61(97)47(28-34(2)3)82-64(100)52(35(4)5)84-60(96)45(19-14-27-72-65(69)70)77-55(91)36(6)74-57(93)44(18-12-13-26-66)78-63(99)49(30-39-31-71-33-73-39)80-56(92)41-15-10-11-16-42(41)67/h10-11,15-16,20-23,31,33-37,43-50,52,86H,8-9,12-14,17-19,24-30,32,66-67H2,1-7H3,(H2,68,89)(H,71,73)(H,74,93)(H,75,94)(H,76,90)(H,77,91)(H,78,99)(H,79,98)(H,80,92)(H,81,97)(H,82,100)(H,83,95)(H,84,96)(H,87,88)(H4,69,70,72)/t36-,37-,43-,44-,45-,46-,47-,48-,49-,50-,52-/m0/s1. The number of aromatic nitrogens is 2. The number of hydrogen-bond donors (Lipinski definition) is 19. The molecule has 37 nitrogen and oxygen atoms in total. The molecule has 24 N–H and O–H groups in total. The zero-order chi connectivity index (χ0) is 76.3. The summed E-state index contributed by atoms with van der Waals surface area (Å²) < 4.78 is 0. The number of non-ortho nitro benzene ring substituents is 1. The lowest BCUT2D eigenvalue weighted by molar-refractivity contribution is -0.384. The number of aliphatic carboxylic acids is 1. The molecule has 1 aromatic heterocycles. The highest BCUT2D eigenvalue weighted by molar-refractivity contribution is 6.03. The molecule has 3 rings (SSSR count). The Morgan fingerprint density at radius 3 is 1.54 bits per heavy atom. The molecular weight excluding hydrogens is 1330 g/mol. The predicted molar refractivity (Wildman–Crippen MR) is 372 cm³/mol. The number of carboxylic acid groups (broad SMARTS) is 1. The zero-order valence-electron chi connectivity index (χ0n) is 58.3. The molecule has 0 unspecified atom stereocenters. The number of benzene rings is 2. The van der Waals surface area contributed by atoms with Crippen LogP contribution in [0, 0.1) is 22.0 Å². The number of nitrogens with one attached hydrogen (secondary N) is 12. The summed E-state index contributed by atoms with van der Waals surface area (Å²) in [6.45, 7) is 10.3. The van der Waals surface area contributed by atoms with Crippen molar-refractivity contribution < 1.29 is 77.5 Å². The molecule has 0 saturated carbocycles. The van der Waals surface area contributed by atoms with Gasteiger partial charge in [0.1, 0.15) is 66.5 Å². The lowest BCUT2D eigenvalue weighted by atomic mass is 9.98. The number of carbonyl (C=O) groups is 13. The number of H-pyrrole nitrogens is 1. The first kappa shape index (κ1) is 85.4. The predicted octanol–water partition coefficient (Wildman–Crippen LogP) is -3.21. The lowest BCUT2D eigenvalue weighted by Crippen LogP contribution is -2.61. The van der Waals surface area contributed by atoms with E-state index in [1.54, 1.807) is 46.8 Å². The molecule has 3 aromatic rings. The van der Waals surface area contributed by atoms with Crippen molar-refractivity contribution in [2.75, 3.05) is 25.4 Å². The van der Waals surface area contributed by atoms with Crippen LogP contribution in [0.15, 0.2) is 66.0 Å². The van der Waals surface area contributed by atoms with Gasteiger partial charge in [-0.15, -0.1) is 0 Å². The Balaban J connectivity index is 1.93. The summed E-state index contributed by atoms with van der Waals surface area (Å²) in [6.07, 6.45) is 2.73. The molecule has 12 amide bonds. The molecule has 102 heavy (non-hydrogen) atoms. The number of para-hydroxylation sites is 1. The minimum Gasteiger partial charge on any atom is -0.481 e. The smallest absolute Gasteiger partial charge is 0.303 e. The van der Waals surface area contributed by atoms with Gasteiger partial charge in [-0.25, -0.2) is 4.98 Å². The second-order valence-electron chi connectivity index (χ2n) is 25.2. The number of unbranched alkanes of at least 4 members (excludes halogenated alkanes) is 2. The molecule has 0 aliphatic heterocycles. The number of anilines is 1. The van der Waals surface area contributed by atoms with Crippen molar-refractivity contribution in [2.24, 2.45) is 39.8 Å². The fourth-order valence-electron chi connectivity index (χ4n) is 10.1. The molecule has 0 saturated heterocycles. The summed E-state index contributed by atoms with van der Waals surface area (Å²) in [4.78, 5) is 200. The number of nitrogens with two attached hydrogens (primary N) is 5. The van der Waals surface area contributed by atoms with E-state index in [9.17, 15) is 82.7 Å². The second-order valence-corrected chi connectivity index (χ2v) is 25.2. The number of primary amides is 1. The number of nitrogen functional groups attached to an aromatic ring is 1. The van der Waals surface area contributed by atoms with Gasteiger partial charge in [-0.3, -0.25) is 77.4 Å². The number of guanidine groups is 1. The van der Waals surface area contributed by atoms with Crippen molar-refractivity contribution in [3.8, 4) is 0 Å². The van der Waals surface area contributed by atoms with Crippen LogP contribution in [-0.4, -0.2) is 194 Å². The van der Waals surface area contributed by atoms with Gasteiger partial charge in [-0.2, -0.15) is 0 Å². The summed E-state index contributed by atoms with van der Waals surface area (Å²) in [7, 11) is 0. The van der Waals surface area contributed by atoms with Gasteiger partial charge in [0.25, 0.3) is 11.6 Å². The maximum Gasteiger partial charge on any atom is 0.303 e. The number of nitro benzene ring substituents is 1. The number of nitrogens with zero attached hydrogens (tertiary/aromatic N) is 3. The van der Waals surface area contributed by atoms with E-state index in [0.29, 0.717) is 31.4 Å². The highest BCUT2D eigenvalue weighted by Crippen LogP contribution is 2.17. The number of rotatable bonds is 46. The number of imidazole rings is 1. The SMILES string of the molecule is CCCC[C@H](NC(=O)[C@H](C)NC(=O)[C@H](CCC(=O)O)NC(=O)[C@H](Cc1ccc([N+](=O)[O-])cc1)NC(=O)[C@H](CC(C)C)NC(=O)[C@@H](NC(=O)[C@H](CCCN=C(N)N)NC(=O)[C@H](C)NC(=O)[C@H](CCCCN)NC(=O)[C@H](Cc1cnc[nH]1)NC(=O)c1ccccc1N)C(C)C)C(=O)N[C@@H](CO)C(N)=O. The Kier molecular flexibility index (Phi) is 36.5.